The minimum absolute atomic E-state index is 0.0210. The van der Waals surface area contributed by atoms with Crippen molar-refractivity contribution in [1.82, 2.24) is 77.4 Å². The molecule has 3 heterocycles. The summed E-state index contributed by atoms with van der Waals surface area (Å²) in [5.41, 5.74) is 4.63. The van der Waals surface area contributed by atoms with Crippen LogP contribution in [0.15, 0.2) is 170 Å². The van der Waals surface area contributed by atoms with E-state index in [-0.39, 0.29) is 80.3 Å². The molecule has 0 saturated carbocycles. The summed E-state index contributed by atoms with van der Waals surface area (Å²) in [5, 5.41) is 57.2. The van der Waals surface area contributed by atoms with E-state index in [2.05, 4.69) is 57.8 Å². The second-order valence-electron chi connectivity index (χ2n) is 32.7. The molecule has 14 N–H and O–H groups in total. The van der Waals surface area contributed by atoms with Crippen LogP contribution in [-0.2, 0) is 106 Å². The number of carboxylic acids is 1. The summed E-state index contributed by atoms with van der Waals surface area (Å²) < 4.78 is 0. The number of aromatic nitrogens is 2. The first-order chi connectivity index (χ1) is 59.6. The standard InChI is InChI=1S/C92H115N15O17S/c1-11-12-31-76-91(123)105(8)51-79(111)97-73(47-81(113)114)87(119)103-82(55(4)5)88(120)101-72(46-62-49-94-68-30-22-20-28-66(62)68)86(118)102-74(43-60-34-38-64(109)39-35-60)89(121)104(7)50-78(110)96-71(45-61-48-93-67-29-21-19-27-65(61)67)85(117)100-70(41-59-32-36-63(108)37-33-59)84(116)99-69(40-54(2)3)83(115)95-56(6)52-125-53-80(112)98-75(42-57-23-15-13-16-24-57)90(122)107(10)77(92(124)106(76)9)44-58-25-17-14-18-26-58/h13-30,32-39,48-49,54-56,69-77,82,93-94,108-109H,11-12,31,40-47,50-53H2,1-10H3,(H,95,115)(H,96,110)(H,97,111)(H,98,112)(H,99,116)(H,100,117)(H,101,120)(H,102,118)(H,103,119)(H,113,114)/t56-,69+,70+,71+,72+,73+,74+,75+,76+,77+,82+/m1/s1. The zero-order chi connectivity index (χ0) is 90.7. The fraction of sp³-hybridized carbons (Fsp3) is 0.413. The Morgan fingerprint density at radius 2 is 0.832 bits per heavy atom. The number of phenolic OH excluding ortho intramolecular Hbond substituents is 2. The fourth-order valence-electron chi connectivity index (χ4n) is 15.0. The molecule has 0 unspecified atom stereocenters. The topological polar surface area (TPSA) is 452 Å². The number of aromatic hydroxyl groups is 2. The lowest BCUT2D eigenvalue weighted by molar-refractivity contribution is -0.151. The van der Waals surface area contributed by atoms with E-state index in [1.54, 1.807) is 142 Å². The molecule has 0 spiro atoms. The normalized spacial score (nSPS) is 22.3. The van der Waals surface area contributed by atoms with Crippen LogP contribution in [-0.4, -0.2) is 247 Å². The Morgan fingerprint density at radius 3 is 1.34 bits per heavy atom. The van der Waals surface area contributed by atoms with Crippen molar-refractivity contribution in [3.63, 3.8) is 0 Å². The van der Waals surface area contributed by atoms with Crippen molar-refractivity contribution in [3.8, 4) is 11.5 Å². The molecule has 13 amide bonds. The van der Waals surface area contributed by atoms with E-state index in [0.29, 0.717) is 68.0 Å². The number of para-hydroxylation sites is 2. The number of nitrogens with zero attached hydrogens (tertiary/aromatic N) is 4. The predicted octanol–water partition coefficient (Wildman–Crippen LogP) is 4.88. The molecule has 125 heavy (non-hydrogen) atoms. The molecule has 1 aliphatic heterocycles. The number of carbonyl (C=O) groups is 14. The first kappa shape index (κ1) is 95.8. The smallest absolute Gasteiger partial charge is 0.305 e. The maximum absolute atomic E-state index is 15.5. The number of carboxylic acid groups (broad SMARTS) is 1. The third-order valence-electron chi connectivity index (χ3n) is 21.8. The lowest BCUT2D eigenvalue weighted by atomic mass is 9.99. The summed E-state index contributed by atoms with van der Waals surface area (Å²) in [6, 6.07) is 28.4. The molecular formula is C92H115N15O17S. The second kappa shape index (κ2) is 45.9. The van der Waals surface area contributed by atoms with E-state index in [9.17, 15) is 48.9 Å². The van der Waals surface area contributed by atoms with Gasteiger partial charge in [-0.3, -0.25) is 67.1 Å². The number of fused-ring (bicyclic) bond motifs is 2. The molecular weight excluding hydrogens is 1620 g/mol. The number of unbranched alkanes of at least 4 members (excludes halogenated alkanes) is 1. The second-order valence-corrected chi connectivity index (χ2v) is 33.7. The maximum Gasteiger partial charge on any atom is 0.305 e. The average Bonchev–Trinajstić information content (AvgIpc) is 1.79. The molecule has 33 heteroatoms. The highest BCUT2D eigenvalue weighted by molar-refractivity contribution is 8.00. The molecule has 0 radical (unpaired) electrons. The van der Waals surface area contributed by atoms with Crippen LogP contribution in [0.25, 0.3) is 21.8 Å². The van der Waals surface area contributed by atoms with Gasteiger partial charge in [0.2, 0.25) is 76.8 Å². The van der Waals surface area contributed by atoms with Crippen LogP contribution >= 0.6 is 11.8 Å². The van der Waals surface area contributed by atoms with Gasteiger partial charge in [-0.15, -0.1) is 11.8 Å². The van der Waals surface area contributed by atoms with Crippen LogP contribution in [0.2, 0.25) is 0 Å². The number of nitrogens with one attached hydrogen (secondary N) is 11. The first-order valence-corrected chi connectivity index (χ1v) is 43.1. The molecule has 2 aromatic heterocycles. The van der Waals surface area contributed by atoms with Gasteiger partial charge in [0.1, 0.15) is 71.9 Å². The number of phenols is 2. The minimum atomic E-state index is -1.89. The number of aliphatic carboxylic acids is 1. The van der Waals surface area contributed by atoms with Crippen molar-refractivity contribution in [2.75, 3.05) is 52.8 Å². The molecule has 11 atom stereocenters. The molecule has 1 fully saturated rings. The van der Waals surface area contributed by atoms with Crippen LogP contribution in [0.3, 0.4) is 0 Å². The van der Waals surface area contributed by atoms with Crippen molar-refractivity contribution in [2.24, 2.45) is 11.8 Å². The molecule has 6 aromatic carbocycles. The van der Waals surface area contributed by atoms with Gasteiger partial charge in [0.05, 0.1) is 25.3 Å². The first-order valence-electron chi connectivity index (χ1n) is 41.9. The highest BCUT2D eigenvalue weighted by Gasteiger charge is 2.41. The van der Waals surface area contributed by atoms with Gasteiger partial charge in [-0.25, -0.2) is 0 Å². The molecule has 0 bridgehead atoms. The minimum Gasteiger partial charge on any atom is -0.508 e. The molecule has 1 aliphatic rings. The molecule has 1 saturated heterocycles. The molecule has 666 valence electrons. The summed E-state index contributed by atoms with van der Waals surface area (Å²) in [6.07, 6.45) is 2.41. The Kier molecular flexibility index (Phi) is 35.1. The Bertz CT molecular complexity index is 5090. The summed E-state index contributed by atoms with van der Waals surface area (Å²) in [6.45, 7) is 8.87. The third-order valence-corrected chi connectivity index (χ3v) is 23.0. The number of rotatable bonds is 20. The van der Waals surface area contributed by atoms with Crippen LogP contribution < -0.4 is 47.9 Å². The zero-order valence-electron chi connectivity index (χ0n) is 72.0. The van der Waals surface area contributed by atoms with Crippen molar-refractivity contribution >= 4 is 116 Å². The SMILES string of the molecule is CCCC[C@H]1C(=O)N(C)CC(=O)N[C@@H](CC(=O)O)C(=O)N[C@@H](C(C)C)C(=O)N[C@@H](Cc2c[nH]c3ccccc23)C(=O)N[C@@H](Cc2ccc(O)cc2)C(=O)N(C)CC(=O)N[C@@H](Cc2c[nH]c3ccccc23)C(=O)N[C@@H](Cc2ccc(O)cc2)C(=O)N[C@@H](CC(C)C)C(=O)N[C@H](C)CSCC(=O)N[C@@H](Cc2ccccc2)C(=O)N(C)[C@@H](Cc2ccccc2)C(=O)N1C. The lowest BCUT2D eigenvalue weighted by Crippen LogP contribution is -2.61. The molecule has 9 rings (SSSR count). The van der Waals surface area contributed by atoms with Crippen LogP contribution in [0, 0.1) is 11.8 Å². The number of hydrogen-bond acceptors (Lipinski definition) is 17. The lowest BCUT2D eigenvalue weighted by Gasteiger charge is -2.37. The van der Waals surface area contributed by atoms with Gasteiger partial charge in [-0.05, 0) is 101 Å². The van der Waals surface area contributed by atoms with E-state index in [0.717, 1.165) is 21.6 Å². The number of thioether (sulfide) groups is 1. The predicted molar refractivity (Wildman–Crippen MR) is 473 cm³/mol. The quantitative estimate of drug-likeness (QED) is 0.0483. The number of amides is 13. The number of benzene rings is 6. The Balaban J connectivity index is 1.08. The Morgan fingerprint density at radius 1 is 0.424 bits per heavy atom. The van der Waals surface area contributed by atoms with Crippen LogP contribution in [0.1, 0.15) is 107 Å². The van der Waals surface area contributed by atoms with Crippen LogP contribution in [0.5, 0.6) is 11.5 Å². The largest absolute Gasteiger partial charge is 0.508 e. The van der Waals surface area contributed by atoms with Gasteiger partial charge in [-0.2, -0.15) is 0 Å². The number of carbonyl (C=O) groups excluding carboxylic acids is 13. The monoisotopic (exact) mass is 1730 g/mol. The van der Waals surface area contributed by atoms with Gasteiger partial charge in [0.25, 0.3) is 0 Å². The van der Waals surface area contributed by atoms with Gasteiger partial charge in [0.15, 0.2) is 0 Å². The molecule has 32 nitrogen and oxygen atoms in total. The number of aromatic amines is 2. The van der Waals surface area contributed by atoms with E-state index >= 15 is 33.6 Å². The summed E-state index contributed by atoms with van der Waals surface area (Å²) in [7, 11) is 5.41. The highest BCUT2D eigenvalue weighted by Crippen LogP contribution is 2.25. The Labute approximate surface area is 730 Å². The number of hydrogen-bond donors (Lipinski definition) is 14. The van der Waals surface area contributed by atoms with Crippen molar-refractivity contribution < 1.29 is 82.4 Å². The van der Waals surface area contributed by atoms with Crippen molar-refractivity contribution in [3.05, 3.63) is 203 Å². The van der Waals surface area contributed by atoms with Gasteiger partial charge < -0.3 is 92.7 Å². The number of H-pyrrole nitrogens is 2. The molecule has 8 aromatic rings. The van der Waals surface area contributed by atoms with Gasteiger partial charge in [-0.1, -0.05) is 169 Å². The van der Waals surface area contributed by atoms with Gasteiger partial charge >= 0.3 is 5.97 Å². The van der Waals surface area contributed by atoms with Crippen LogP contribution in [0.4, 0.5) is 0 Å². The summed E-state index contributed by atoms with van der Waals surface area (Å²) >= 11 is 1.14. The Hall–Kier alpha value is -13.1. The zero-order valence-corrected chi connectivity index (χ0v) is 72.8. The van der Waals surface area contributed by atoms with Gasteiger partial charge in [0, 0.05) is 113 Å². The fourth-order valence-corrected chi connectivity index (χ4v) is 15.9. The van der Waals surface area contributed by atoms with Crippen molar-refractivity contribution in [1.29, 1.82) is 0 Å². The van der Waals surface area contributed by atoms with E-state index < -0.39 is 175 Å². The summed E-state index contributed by atoms with van der Waals surface area (Å²) in [4.78, 5) is 218. The maximum atomic E-state index is 15.5. The summed E-state index contributed by atoms with van der Waals surface area (Å²) in [5.74, 6) is -13.5. The van der Waals surface area contributed by atoms with E-state index in [1.807, 2.05) is 32.9 Å². The third kappa shape index (κ3) is 28.0. The van der Waals surface area contributed by atoms with E-state index in [1.165, 1.54) is 74.4 Å². The average molecular weight is 1740 g/mol. The molecule has 0 aliphatic carbocycles. The highest BCUT2D eigenvalue weighted by atomic mass is 32.2. The van der Waals surface area contributed by atoms with E-state index in [4.69, 9.17) is 0 Å². The number of likely N-dealkylation sites (N-methyl/N-ethyl adjacent to an activating group) is 4. The van der Waals surface area contributed by atoms with Crippen molar-refractivity contribution in [2.45, 2.75) is 179 Å².